The molecule has 0 saturated carbocycles. The van der Waals surface area contributed by atoms with Crippen LogP contribution in [0.1, 0.15) is 32.9 Å². The number of benzene rings is 1. The Labute approximate surface area is 194 Å². The van der Waals surface area contributed by atoms with Crippen LogP contribution in [0.3, 0.4) is 0 Å². The summed E-state index contributed by atoms with van der Waals surface area (Å²) < 4.78 is 45.4. The number of rotatable bonds is 4. The monoisotopic (exact) mass is 468 g/mol. The van der Waals surface area contributed by atoms with Crippen molar-refractivity contribution in [2.45, 2.75) is 12.6 Å². The molecule has 1 amide bonds. The first kappa shape index (κ1) is 22.2. The van der Waals surface area contributed by atoms with Crippen molar-refractivity contribution < 1.29 is 22.7 Å². The zero-order valence-corrected chi connectivity index (χ0v) is 18.3. The molecule has 2 aliphatic heterocycles. The average molecular weight is 468 g/mol. The first-order valence-corrected chi connectivity index (χ1v) is 11.1. The Morgan fingerprint density at radius 1 is 1.06 bits per heavy atom. The molecule has 0 unspecified atom stereocenters. The van der Waals surface area contributed by atoms with Crippen molar-refractivity contribution in [3.8, 4) is 11.3 Å². The molecular formula is C25H23F3N4O2. The fourth-order valence-corrected chi connectivity index (χ4v) is 4.27. The Bertz CT molecular complexity index is 1240. The molecule has 4 heterocycles. The van der Waals surface area contributed by atoms with Crippen molar-refractivity contribution in [1.82, 2.24) is 15.3 Å². The van der Waals surface area contributed by atoms with Gasteiger partial charge in [0.1, 0.15) is 0 Å². The number of pyridine rings is 1. The van der Waals surface area contributed by atoms with E-state index in [2.05, 4.69) is 15.3 Å². The fourth-order valence-electron chi connectivity index (χ4n) is 4.27. The number of alkyl halides is 3. The molecule has 3 aromatic rings. The van der Waals surface area contributed by atoms with Crippen LogP contribution in [0.2, 0.25) is 0 Å². The van der Waals surface area contributed by atoms with Gasteiger partial charge in [0, 0.05) is 54.9 Å². The number of anilines is 1. The molecule has 1 saturated heterocycles. The van der Waals surface area contributed by atoms with Crippen molar-refractivity contribution in [2.24, 2.45) is 0 Å². The van der Waals surface area contributed by atoms with Crippen LogP contribution in [0.4, 0.5) is 18.9 Å². The van der Waals surface area contributed by atoms with E-state index in [1.165, 1.54) is 12.1 Å². The Hall–Kier alpha value is -3.59. The average Bonchev–Trinajstić information content (AvgIpc) is 3.29. The number of fused-ring (bicyclic) bond motifs is 1. The molecule has 2 aliphatic rings. The van der Waals surface area contributed by atoms with Gasteiger partial charge in [-0.15, -0.1) is 0 Å². The number of halogens is 3. The van der Waals surface area contributed by atoms with E-state index in [1.807, 2.05) is 23.1 Å². The van der Waals surface area contributed by atoms with Crippen molar-refractivity contribution in [2.75, 3.05) is 37.7 Å². The molecule has 0 bridgehead atoms. The molecule has 6 nitrogen and oxygen atoms in total. The number of amides is 1. The molecule has 1 aromatic carbocycles. The van der Waals surface area contributed by atoms with Crippen molar-refractivity contribution >= 4 is 23.7 Å². The second-order valence-electron chi connectivity index (χ2n) is 8.25. The predicted molar refractivity (Wildman–Crippen MR) is 123 cm³/mol. The minimum atomic E-state index is -4.41. The van der Waals surface area contributed by atoms with Crippen LogP contribution in [-0.2, 0) is 17.3 Å². The maximum absolute atomic E-state index is 13.3. The van der Waals surface area contributed by atoms with Gasteiger partial charge in [0.15, 0.2) is 0 Å². The molecular weight excluding hydrogens is 445 g/mol. The number of carbonyl (C=O) groups excluding carboxylic acids is 1. The number of H-pyrrole nitrogens is 1. The van der Waals surface area contributed by atoms with Gasteiger partial charge in [-0.05, 0) is 42.0 Å². The van der Waals surface area contributed by atoms with Gasteiger partial charge in [-0.2, -0.15) is 13.2 Å². The second kappa shape index (κ2) is 8.98. The maximum atomic E-state index is 13.3. The minimum Gasteiger partial charge on any atom is -0.378 e. The normalized spacial score (nSPS) is 16.6. The third kappa shape index (κ3) is 4.56. The van der Waals surface area contributed by atoms with Gasteiger partial charge in [-0.3, -0.25) is 9.78 Å². The van der Waals surface area contributed by atoms with E-state index in [9.17, 15) is 18.0 Å². The zero-order chi connectivity index (χ0) is 23.7. The minimum absolute atomic E-state index is 0.0872. The van der Waals surface area contributed by atoms with Crippen LogP contribution in [0.5, 0.6) is 0 Å². The van der Waals surface area contributed by atoms with Gasteiger partial charge >= 0.3 is 6.18 Å². The van der Waals surface area contributed by atoms with Crippen LogP contribution in [0, 0.1) is 0 Å². The molecule has 0 radical (unpaired) electrons. The summed E-state index contributed by atoms with van der Waals surface area (Å²) in [6.45, 7) is 2.61. The first-order chi connectivity index (χ1) is 16.4. The molecule has 1 fully saturated rings. The van der Waals surface area contributed by atoms with E-state index in [-0.39, 0.29) is 5.91 Å². The van der Waals surface area contributed by atoms with E-state index < -0.39 is 11.7 Å². The van der Waals surface area contributed by atoms with Crippen LogP contribution in [0.25, 0.3) is 23.4 Å². The lowest BCUT2D eigenvalue weighted by Crippen LogP contribution is -2.36. The molecule has 2 aromatic heterocycles. The van der Waals surface area contributed by atoms with Crippen molar-refractivity contribution in [3.05, 3.63) is 70.7 Å². The van der Waals surface area contributed by atoms with Gasteiger partial charge in [0.05, 0.1) is 30.0 Å². The third-order valence-corrected chi connectivity index (χ3v) is 6.04. The summed E-state index contributed by atoms with van der Waals surface area (Å²) in [5.74, 6) is -0.0872. The van der Waals surface area contributed by atoms with Crippen LogP contribution >= 0.6 is 0 Å². The number of hydrogen-bond acceptors (Lipinski definition) is 4. The molecule has 0 spiro atoms. The number of ether oxygens (including phenoxy) is 1. The summed E-state index contributed by atoms with van der Waals surface area (Å²) >= 11 is 0. The number of hydrogen-bond donors (Lipinski definition) is 2. The van der Waals surface area contributed by atoms with E-state index >= 15 is 0 Å². The smallest absolute Gasteiger partial charge is 0.378 e. The van der Waals surface area contributed by atoms with Gasteiger partial charge in [-0.25, -0.2) is 0 Å². The number of aromatic nitrogens is 2. The first-order valence-electron chi connectivity index (χ1n) is 11.1. The highest BCUT2D eigenvalue weighted by Crippen LogP contribution is 2.34. The molecule has 176 valence electrons. The lowest BCUT2D eigenvalue weighted by atomic mass is 10.1. The molecule has 2 N–H and O–H groups in total. The Kier molecular flexibility index (Phi) is 5.87. The van der Waals surface area contributed by atoms with Crippen LogP contribution in [-0.4, -0.2) is 48.7 Å². The van der Waals surface area contributed by atoms with Gasteiger partial charge in [-0.1, -0.05) is 12.1 Å². The number of nitrogens with zero attached hydrogens (tertiary/aromatic N) is 2. The Morgan fingerprint density at radius 3 is 2.65 bits per heavy atom. The van der Waals surface area contributed by atoms with E-state index in [1.54, 1.807) is 18.3 Å². The van der Waals surface area contributed by atoms with Gasteiger partial charge in [0.2, 0.25) is 0 Å². The third-order valence-electron chi connectivity index (χ3n) is 6.04. The Balaban J connectivity index is 1.45. The molecule has 0 atom stereocenters. The Morgan fingerprint density at radius 2 is 1.88 bits per heavy atom. The lowest BCUT2D eigenvalue weighted by Gasteiger charge is -2.30. The SMILES string of the molecule is O=C1NCCc2[nH]c(-c3ccnc(/C=C/c4ccc(C(F)(F)F)cc4N4CCOCC4)c3)cc21. The maximum Gasteiger partial charge on any atom is 0.416 e. The molecule has 34 heavy (non-hydrogen) atoms. The highest BCUT2D eigenvalue weighted by molar-refractivity contribution is 5.97. The van der Waals surface area contributed by atoms with Gasteiger partial charge in [0.25, 0.3) is 5.91 Å². The highest BCUT2D eigenvalue weighted by Gasteiger charge is 2.31. The number of carbonyl (C=O) groups is 1. The number of morpholine rings is 1. The summed E-state index contributed by atoms with van der Waals surface area (Å²) in [5, 5.41) is 2.83. The standard InChI is InChI=1S/C25H23F3N4O2/c26-25(27,28)18-3-1-16(23(14-18)32-9-11-34-12-10-32)2-4-19-13-17(5-7-29-19)22-15-20-21(31-22)6-8-30-24(20)33/h1-5,7,13-15,31H,6,8-12H2,(H,30,33)/b4-2+. The largest absolute Gasteiger partial charge is 0.416 e. The fraction of sp³-hybridized carbons (Fsp3) is 0.280. The van der Waals surface area contributed by atoms with Gasteiger partial charge < -0.3 is 19.9 Å². The summed E-state index contributed by atoms with van der Waals surface area (Å²) in [4.78, 5) is 21.7. The summed E-state index contributed by atoms with van der Waals surface area (Å²) in [7, 11) is 0. The molecule has 0 aliphatic carbocycles. The van der Waals surface area contributed by atoms with E-state index in [0.717, 1.165) is 29.4 Å². The summed E-state index contributed by atoms with van der Waals surface area (Å²) in [6.07, 6.45) is 1.57. The van der Waals surface area contributed by atoms with E-state index in [4.69, 9.17) is 4.74 Å². The number of aromatic amines is 1. The molecule has 9 heteroatoms. The topological polar surface area (TPSA) is 70.2 Å². The zero-order valence-electron chi connectivity index (χ0n) is 18.3. The van der Waals surface area contributed by atoms with E-state index in [0.29, 0.717) is 55.4 Å². The van der Waals surface area contributed by atoms with Crippen molar-refractivity contribution in [3.63, 3.8) is 0 Å². The van der Waals surface area contributed by atoms with Crippen LogP contribution in [0.15, 0.2) is 42.6 Å². The lowest BCUT2D eigenvalue weighted by molar-refractivity contribution is -0.137. The quantitative estimate of drug-likeness (QED) is 0.596. The predicted octanol–water partition coefficient (Wildman–Crippen LogP) is 4.39. The van der Waals surface area contributed by atoms with Crippen LogP contribution < -0.4 is 10.2 Å². The summed E-state index contributed by atoms with van der Waals surface area (Å²) in [5.41, 5.74) is 4.43. The highest BCUT2D eigenvalue weighted by atomic mass is 19.4. The molecule has 5 rings (SSSR count). The number of nitrogens with one attached hydrogen (secondary N) is 2. The second-order valence-corrected chi connectivity index (χ2v) is 8.25. The summed E-state index contributed by atoms with van der Waals surface area (Å²) in [6, 6.07) is 9.35. The van der Waals surface area contributed by atoms with Crippen molar-refractivity contribution in [1.29, 1.82) is 0 Å².